The van der Waals surface area contributed by atoms with Crippen LogP contribution >= 0.6 is 0 Å². The Morgan fingerprint density at radius 2 is 1.59 bits per heavy atom. The predicted molar refractivity (Wildman–Crippen MR) is 154 cm³/mol. The Bertz CT molecular complexity index is 1930. The number of hydrogen-bond acceptors (Lipinski definition) is 8. The van der Waals surface area contributed by atoms with Crippen molar-refractivity contribution in [1.82, 2.24) is 0 Å². The fourth-order valence-corrected chi connectivity index (χ4v) is 6.75. The summed E-state index contributed by atoms with van der Waals surface area (Å²) in [5.74, 6) is -0.658. The maximum absolute atomic E-state index is 12.2. The van der Waals surface area contributed by atoms with E-state index in [0.717, 1.165) is 11.8 Å². The van der Waals surface area contributed by atoms with Crippen LogP contribution in [-0.2, 0) is 35.8 Å². The van der Waals surface area contributed by atoms with Gasteiger partial charge in [0.2, 0.25) is 5.69 Å². The first-order valence-corrected chi connectivity index (χ1v) is 16.8. The lowest BCUT2D eigenvalue weighted by Crippen LogP contribution is -2.28. The van der Waals surface area contributed by atoms with E-state index in [4.69, 9.17) is 0 Å². The molecule has 1 aliphatic rings. The van der Waals surface area contributed by atoms with Crippen LogP contribution in [0.15, 0.2) is 88.8 Å². The smallest absolute Gasteiger partial charge is 0.295 e. The molecule has 41 heavy (non-hydrogen) atoms. The minimum atomic E-state index is -4.92. The average molecular weight is 621 g/mol. The number of hydrogen-bond donors (Lipinski definition) is 3. The maximum atomic E-state index is 12.2. The molecule has 0 aliphatic carbocycles. The van der Waals surface area contributed by atoms with Crippen LogP contribution < -0.4 is 5.32 Å². The van der Waals surface area contributed by atoms with E-state index in [1.54, 1.807) is 35.1 Å². The van der Waals surface area contributed by atoms with Crippen LogP contribution in [0.2, 0.25) is 0 Å². The molecule has 11 nitrogen and oxygen atoms in total. The number of benzene rings is 3. The van der Waals surface area contributed by atoms with Crippen LogP contribution in [0.5, 0.6) is 0 Å². The minimum Gasteiger partial charge on any atom is -0.748 e. The van der Waals surface area contributed by atoms with Crippen LogP contribution in [-0.4, -0.2) is 61.5 Å². The summed E-state index contributed by atoms with van der Waals surface area (Å²) in [5.41, 5.74) is 1.78. The Labute approximate surface area is 238 Å². The highest BCUT2D eigenvalue weighted by molar-refractivity contribution is 7.87. The van der Waals surface area contributed by atoms with E-state index in [1.165, 1.54) is 6.07 Å². The summed E-state index contributed by atoms with van der Waals surface area (Å²) >= 11 is 0. The van der Waals surface area contributed by atoms with Gasteiger partial charge < -0.3 is 9.87 Å². The molecule has 1 heterocycles. The standard InChI is InChI=1S/C27H28N2O9S3/c1-27(2)23-13-12-21-22(17-20(40(33,34)35)18-24(21)41(36,37)38)26(23)29(15-8-16-39(30,31)32)25(27)11-6-7-14-28-19-9-4-3-5-10-19/h3-7,9-14,17-18H,8,15-16H2,1-2H3,(H3,30,31,32,33,34,35,36,37,38). The lowest BCUT2D eigenvalue weighted by molar-refractivity contribution is -0.435. The SMILES string of the molecule is CC1(C)C(/C=C/C=C/Nc2ccccc2)=[N+](CCCS(=O)(=O)[O-])c2c1ccc1c(S(=O)(=O)O)cc(S(=O)(=O)O)cc21. The minimum absolute atomic E-state index is 0.00640. The molecule has 0 saturated heterocycles. The molecule has 3 aromatic rings. The number of allylic oxidation sites excluding steroid dienone is 3. The zero-order valence-electron chi connectivity index (χ0n) is 22.1. The van der Waals surface area contributed by atoms with Crippen molar-refractivity contribution in [3.05, 3.63) is 84.6 Å². The Hall–Kier alpha value is -3.40. The van der Waals surface area contributed by atoms with Crippen LogP contribution in [0.25, 0.3) is 10.8 Å². The number of para-hydroxylation sites is 1. The van der Waals surface area contributed by atoms with E-state index < -0.39 is 51.3 Å². The lowest BCUT2D eigenvalue weighted by atomic mass is 9.80. The highest BCUT2D eigenvalue weighted by atomic mass is 32.2. The van der Waals surface area contributed by atoms with Crippen molar-refractivity contribution >= 4 is 58.2 Å². The molecule has 0 fully saturated rings. The van der Waals surface area contributed by atoms with E-state index in [2.05, 4.69) is 5.32 Å². The molecule has 0 bridgehead atoms. The van der Waals surface area contributed by atoms with Crippen LogP contribution in [0.1, 0.15) is 25.8 Å². The van der Waals surface area contributed by atoms with Crippen molar-refractivity contribution in [2.24, 2.45) is 0 Å². The molecular formula is C27H28N2O9S3. The van der Waals surface area contributed by atoms with Crippen LogP contribution in [0, 0.1) is 0 Å². The first-order valence-electron chi connectivity index (χ1n) is 12.3. The third-order valence-electron chi connectivity index (χ3n) is 6.75. The Balaban J connectivity index is 1.92. The van der Waals surface area contributed by atoms with E-state index >= 15 is 0 Å². The van der Waals surface area contributed by atoms with Gasteiger partial charge in [-0.1, -0.05) is 36.4 Å². The molecule has 0 aromatic heterocycles. The second-order valence-electron chi connectivity index (χ2n) is 9.93. The molecule has 14 heteroatoms. The molecule has 0 amide bonds. The third kappa shape index (κ3) is 6.74. The Morgan fingerprint density at radius 1 is 0.902 bits per heavy atom. The topological polar surface area (TPSA) is 181 Å². The summed E-state index contributed by atoms with van der Waals surface area (Å²) in [6.45, 7) is 3.77. The second kappa shape index (κ2) is 11.1. The molecule has 218 valence electrons. The highest BCUT2D eigenvalue weighted by Gasteiger charge is 2.45. The fourth-order valence-electron chi connectivity index (χ4n) is 4.92. The summed E-state index contributed by atoms with van der Waals surface area (Å²) in [6.07, 6.45) is 6.89. The van der Waals surface area contributed by atoms with Gasteiger partial charge >= 0.3 is 0 Å². The van der Waals surface area contributed by atoms with Gasteiger partial charge in [0.1, 0.15) is 11.4 Å². The molecule has 3 N–H and O–H groups in total. The number of anilines is 1. The van der Waals surface area contributed by atoms with E-state index in [0.29, 0.717) is 23.0 Å². The molecule has 0 spiro atoms. The zero-order chi connectivity index (χ0) is 30.2. The highest BCUT2D eigenvalue weighted by Crippen LogP contribution is 2.46. The average Bonchev–Trinajstić information content (AvgIpc) is 3.08. The zero-order valence-corrected chi connectivity index (χ0v) is 24.5. The number of fused-ring (bicyclic) bond motifs is 3. The van der Waals surface area contributed by atoms with Gasteiger partial charge in [0.15, 0.2) is 5.71 Å². The molecule has 0 saturated carbocycles. The molecule has 0 unspecified atom stereocenters. The van der Waals surface area contributed by atoms with Gasteiger partial charge in [0.25, 0.3) is 20.2 Å². The molecule has 0 atom stereocenters. The summed E-state index contributed by atoms with van der Waals surface area (Å²) in [6, 6.07) is 14.3. The number of nitrogens with one attached hydrogen (secondary N) is 1. The molecule has 1 aliphatic heterocycles. The maximum Gasteiger partial charge on any atom is 0.295 e. The third-order valence-corrected chi connectivity index (χ3v) is 9.27. The normalized spacial score (nSPS) is 15.7. The van der Waals surface area contributed by atoms with Gasteiger partial charge in [-0.15, -0.1) is 0 Å². The van der Waals surface area contributed by atoms with Gasteiger partial charge in [-0.2, -0.15) is 21.4 Å². The van der Waals surface area contributed by atoms with Gasteiger partial charge in [-0.05, 0) is 44.2 Å². The summed E-state index contributed by atoms with van der Waals surface area (Å²) in [5, 5.41) is 3.20. The largest absolute Gasteiger partial charge is 0.748 e. The number of nitrogens with zero attached hydrogens (tertiary/aromatic N) is 1. The predicted octanol–water partition coefficient (Wildman–Crippen LogP) is 3.83. The van der Waals surface area contributed by atoms with Crippen molar-refractivity contribution in [3.63, 3.8) is 0 Å². The monoisotopic (exact) mass is 620 g/mol. The summed E-state index contributed by atoms with van der Waals surface area (Å²) < 4.78 is 104. The van der Waals surface area contributed by atoms with E-state index in [1.807, 2.05) is 44.2 Å². The van der Waals surface area contributed by atoms with Crippen LogP contribution in [0.4, 0.5) is 11.4 Å². The van der Waals surface area contributed by atoms with E-state index in [-0.39, 0.29) is 23.7 Å². The Kier molecular flexibility index (Phi) is 8.28. The van der Waals surface area contributed by atoms with E-state index in [9.17, 15) is 38.9 Å². The quantitative estimate of drug-likeness (QED) is 0.171. The van der Waals surface area contributed by atoms with Crippen molar-refractivity contribution in [2.45, 2.75) is 35.5 Å². The Morgan fingerprint density at radius 3 is 2.20 bits per heavy atom. The van der Waals surface area contributed by atoms with Crippen molar-refractivity contribution in [2.75, 3.05) is 17.6 Å². The van der Waals surface area contributed by atoms with Gasteiger partial charge in [-0.3, -0.25) is 9.11 Å². The first kappa shape index (κ1) is 30.6. The van der Waals surface area contributed by atoms with Gasteiger partial charge in [0.05, 0.1) is 25.8 Å². The summed E-state index contributed by atoms with van der Waals surface area (Å²) in [4.78, 5) is -1.46. The molecule has 0 radical (unpaired) electrons. The molecular weight excluding hydrogens is 593 g/mol. The lowest BCUT2D eigenvalue weighted by Gasteiger charge is -2.16. The van der Waals surface area contributed by atoms with Gasteiger partial charge in [0, 0.05) is 41.1 Å². The number of rotatable bonds is 10. The first-order chi connectivity index (χ1) is 19.0. The molecule has 4 rings (SSSR count). The summed E-state index contributed by atoms with van der Waals surface area (Å²) in [7, 11) is -14.3. The van der Waals surface area contributed by atoms with Crippen molar-refractivity contribution in [3.8, 4) is 0 Å². The second-order valence-corrected chi connectivity index (χ2v) is 14.3. The van der Waals surface area contributed by atoms with Crippen molar-refractivity contribution < 1.29 is 43.5 Å². The fraction of sp³-hybridized carbons (Fsp3) is 0.222. The van der Waals surface area contributed by atoms with Crippen molar-refractivity contribution in [1.29, 1.82) is 0 Å². The molecule has 3 aromatic carbocycles. The van der Waals surface area contributed by atoms with Gasteiger partial charge in [-0.25, -0.2) is 8.42 Å². The van der Waals surface area contributed by atoms with Crippen LogP contribution in [0.3, 0.4) is 0 Å².